The summed E-state index contributed by atoms with van der Waals surface area (Å²) in [5, 5.41) is 10.9. The molecule has 5 nitrogen and oxygen atoms in total. The first kappa shape index (κ1) is 12.7. The highest BCUT2D eigenvalue weighted by Gasteiger charge is 2.19. The molecule has 1 aliphatic heterocycles. The van der Waals surface area contributed by atoms with E-state index in [1.165, 1.54) is 18.9 Å². The average molecular weight is 249 g/mol. The number of nitrogen functional groups attached to an aromatic ring is 1. The fraction of sp³-hybridized carbons (Fsp3) is 0.538. The van der Waals surface area contributed by atoms with Crippen LogP contribution in [0.3, 0.4) is 0 Å². The maximum Gasteiger partial charge on any atom is 0.273 e. The van der Waals surface area contributed by atoms with Crippen LogP contribution in [0, 0.1) is 10.1 Å². The number of anilines is 2. The van der Waals surface area contributed by atoms with Gasteiger partial charge in [0.2, 0.25) is 0 Å². The summed E-state index contributed by atoms with van der Waals surface area (Å²) in [6, 6.07) is 5.27. The molecular weight excluding hydrogens is 230 g/mol. The van der Waals surface area contributed by atoms with E-state index in [9.17, 15) is 10.1 Å². The van der Waals surface area contributed by atoms with E-state index in [-0.39, 0.29) is 10.6 Å². The third-order valence-corrected chi connectivity index (χ3v) is 3.52. The highest BCUT2D eigenvalue weighted by molar-refractivity contribution is 5.63. The number of nitrogens with zero attached hydrogens (tertiary/aromatic N) is 2. The first-order chi connectivity index (χ1) is 8.58. The Balaban J connectivity index is 2.33. The van der Waals surface area contributed by atoms with E-state index in [0.717, 1.165) is 25.1 Å². The molecule has 0 amide bonds. The van der Waals surface area contributed by atoms with Crippen molar-refractivity contribution in [2.75, 3.05) is 17.2 Å². The third-order valence-electron chi connectivity index (χ3n) is 3.52. The molecular formula is C13H19N3O2. The molecule has 0 spiro atoms. The van der Waals surface area contributed by atoms with Crippen LogP contribution in [-0.4, -0.2) is 17.5 Å². The third kappa shape index (κ3) is 2.72. The van der Waals surface area contributed by atoms with Crippen molar-refractivity contribution < 1.29 is 4.92 Å². The van der Waals surface area contributed by atoms with Gasteiger partial charge in [-0.15, -0.1) is 0 Å². The topological polar surface area (TPSA) is 72.4 Å². The second kappa shape index (κ2) is 5.25. The molecule has 18 heavy (non-hydrogen) atoms. The Morgan fingerprint density at radius 2 is 2.11 bits per heavy atom. The lowest BCUT2D eigenvalue weighted by Gasteiger charge is -2.29. The van der Waals surface area contributed by atoms with Crippen molar-refractivity contribution in [3.05, 3.63) is 28.3 Å². The molecule has 2 N–H and O–H groups in total. The Bertz CT molecular complexity index is 448. The van der Waals surface area contributed by atoms with Crippen LogP contribution in [0.4, 0.5) is 17.1 Å². The monoisotopic (exact) mass is 249 g/mol. The van der Waals surface area contributed by atoms with Gasteiger partial charge in [0, 0.05) is 36.1 Å². The first-order valence-corrected chi connectivity index (χ1v) is 6.39. The summed E-state index contributed by atoms with van der Waals surface area (Å²) in [4.78, 5) is 12.7. The molecule has 1 aliphatic rings. The average Bonchev–Trinajstić information content (AvgIpc) is 2.53. The zero-order valence-corrected chi connectivity index (χ0v) is 10.6. The van der Waals surface area contributed by atoms with Crippen molar-refractivity contribution in [3.63, 3.8) is 0 Å². The number of rotatable bonds is 2. The van der Waals surface area contributed by atoms with E-state index < -0.39 is 0 Å². The van der Waals surface area contributed by atoms with Crippen LogP contribution in [0.5, 0.6) is 0 Å². The summed E-state index contributed by atoms with van der Waals surface area (Å²) in [6.45, 7) is 3.11. The number of non-ortho nitro benzene ring substituents is 1. The van der Waals surface area contributed by atoms with E-state index in [1.54, 1.807) is 6.07 Å². The summed E-state index contributed by atoms with van der Waals surface area (Å²) in [5.41, 5.74) is 7.15. The second-order valence-corrected chi connectivity index (χ2v) is 4.93. The van der Waals surface area contributed by atoms with E-state index >= 15 is 0 Å². The van der Waals surface area contributed by atoms with Crippen molar-refractivity contribution in [1.82, 2.24) is 0 Å². The summed E-state index contributed by atoms with van der Waals surface area (Å²) in [5.74, 6) is 0. The highest BCUT2D eigenvalue weighted by Crippen LogP contribution is 2.29. The van der Waals surface area contributed by atoms with Gasteiger partial charge in [-0.1, -0.05) is 12.8 Å². The number of benzene rings is 1. The Hall–Kier alpha value is -1.78. The fourth-order valence-corrected chi connectivity index (χ4v) is 2.55. The zero-order valence-electron chi connectivity index (χ0n) is 10.6. The number of nitro benzene ring substituents is 1. The van der Waals surface area contributed by atoms with Gasteiger partial charge in [-0.3, -0.25) is 10.1 Å². The van der Waals surface area contributed by atoms with Gasteiger partial charge in [0.15, 0.2) is 0 Å². The van der Waals surface area contributed by atoms with Gasteiger partial charge in [-0.2, -0.15) is 0 Å². The van der Waals surface area contributed by atoms with Gasteiger partial charge in [0.1, 0.15) is 0 Å². The van der Waals surface area contributed by atoms with E-state index in [1.807, 2.05) is 6.07 Å². The van der Waals surface area contributed by atoms with Gasteiger partial charge < -0.3 is 10.6 Å². The van der Waals surface area contributed by atoms with Gasteiger partial charge >= 0.3 is 0 Å². The van der Waals surface area contributed by atoms with Gasteiger partial charge in [-0.05, 0) is 25.8 Å². The molecule has 2 rings (SSSR count). The van der Waals surface area contributed by atoms with Crippen molar-refractivity contribution in [3.8, 4) is 0 Å². The van der Waals surface area contributed by atoms with Crippen molar-refractivity contribution >= 4 is 17.1 Å². The van der Waals surface area contributed by atoms with E-state index in [2.05, 4.69) is 11.8 Å². The smallest absolute Gasteiger partial charge is 0.273 e. The lowest BCUT2D eigenvalue weighted by atomic mass is 10.1. The zero-order chi connectivity index (χ0) is 13.1. The van der Waals surface area contributed by atoms with Gasteiger partial charge in [0.25, 0.3) is 5.69 Å². The summed E-state index contributed by atoms with van der Waals surface area (Å²) in [6.07, 6.45) is 4.71. The van der Waals surface area contributed by atoms with Crippen molar-refractivity contribution in [2.45, 2.75) is 38.6 Å². The van der Waals surface area contributed by atoms with Crippen molar-refractivity contribution in [1.29, 1.82) is 0 Å². The van der Waals surface area contributed by atoms with Crippen LogP contribution in [0.2, 0.25) is 0 Å². The van der Waals surface area contributed by atoms with Gasteiger partial charge in [-0.25, -0.2) is 0 Å². The molecule has 0 aromatic heterocycles. The number of hydrogen-bond donors (Lipinski definition) is 1. The summed E-state index contributed by atoms with van der Waals surface area (Å²) >= 11 is 0. The molecule has 1 saturated heterocycles. The van der Waals surface area contributed by atoms with Crippen LogP contribution < -0.4 is 10.6 Å². The van der Waals surface area contributed by atoms with E-state index in [4.69, 9.17) is 5.73 Å². The van der Waals surface area contributed by atoms with Crippen LogP contribution in [0.1, 0.15) is 32.6 Å². The molecule has 5 heteroatoms. The Morgan fingerprint density at radius 3 is 2.83 bits per heavy atom. The van der Waals surface area contributed by atoms with Crippen LogP contribution in [-0.2, 0) is 0 Å². The lowest BCUT2D eigenvalue weighted by Crippen LogP contribution is -2.32. The SMILES string of the molecule is CC1CCCCCN1c1cc(N)cc([N+](=O)[O-])c1. The van der Waals surface area contributed by atoms with Gasteiger partial charge in [0.05, 0.1) is 4.92 Å². The predicted octanol–water partition coefficient (Wildman–Crippen LogP) is 2.95. The fourth-order valence-electron chi connectivity index (χ4n) is 2.55. The molecule has 0 bridgehead atoms. The molecule has 1 aromatic carbocycles. The molecule has 0 aliphatic carbocycles. The van der Waals surface area contributed by atoms with Crippen LogP contribution in [0.15, 0.2) is 18.2 Å². The number of nitro groups is 1. The Morgan fingerprint density at radius 1 is 1.33 bits per heavy atom. The molecule has 1 atom stereocenters. The van der Waals surface area contributed by atoms with Crippen LogP contribution in [0.25, 0.3) is 0 Å². The van der Waals surface area contributed by atoms with Crippen LogP contribution >= 0.6 is 0 Å². The Labute approximate surface area is 107 Å². The minimum atomic E-state index is -0.387. The molecule has 0 saturated carbocycles. The normalized spacial score (nSPS) is 20.5. The second-order valence-electron chi connectivity index (χ2n) is 4.93. The molecule has 1 heterocycles. The molecule has 98 valence electrons. The minimum Gasteiger partial charge on any atom is -0.398 e. The maximum absolute atomic E-state index is 10.9. The maximum atomic E-state index is 10.9. The molecule has 0 radical (unpaired) electrons. The quantitative estimate of drug-likeness (QED) is 0.497. The first-order valence-electron chi connectivity index (χ1n) is 6.39. The number of nitrogens with two attached hydrogens (primary N) is 1. The largest absolute Gasteiger partial charge is 0.398 e. The molecule has 1 aromatic rings. The number of hydrogen-bond acceptors (Lipinski definition) is 4. The standard InChI is InChI=1S/C13H19N3O2/c1-10-5-3-2-4-6-15(10)12-7-11(14)8-13(9-12)16(17)18/h7-10H,2-6,14H2,1H3. The summed E-state index contributed by atoms with van der Waals surface area (Å²) < 4.78 is 0. The predicted molar refractivity (Wildman–Crippen MR) is 72.8 cm³/mol. The van der Waals surface area contributed by atoms with E-state index in [0.29, 0.717) is 11.7 Å². The Kier molecular flexibility index (Phi) is 3.69. The highest BCUT2D eigenvalue weighted by atomic mass is 16.6. The lowest BCUT2D eigenvalue weighted by molar-refractivity contribution is -0.384. The summed E-state index contributed by atoms with van der Waals surface area (Å²) in [7, 11) is 0. The minimum absolute atomic E-state index is 0.0708. The molecule has 1 unspecified atom stereocenters. The van der Waals surface area contributed by atoms with Crippen molar-refractivity contribution in [2.24, 2.45) is 0 Å². The molecule has 1 fully saturated rings.